The number of aliphatic hydroxyl groups is 1. The molecule has 1 N–H and O–H groups in total. The Kier molecular flexibility index (Phi) is 2.25. The molecular weight excluding hydrogens is 220 g/mol. The lowest BCUT2D eigenvalue weighted by atomic mass is 9.95. The third kappa shape index (κ3) is 1.44. The van der Waals surface area contributed by atoms with Crippen molar-refractivity contribution in [2.24, 2.45) is 17.8 Å². The van der Waals surface area contributed by atoms with Gasteiger partial charge in [-0.1, -0.05) is 48.9 Å². The molecule has 1 nitrogen and oxygen atoms in total. The Bertz CT molecular complexity index is 574. The second-order valence-corrected chi connectivity index (χ2v) is 5.85. The highest BCUT2D eigenvalue weighted by atomic mass is 16.3. The van der Waals surface area contributed by atoms with E-state index in [-0.39, 0.29) is 6.10 Å². The smallest absolute Gasteiger partial charge is 0.0829 e. The van der Waals surface area contributed by atoms with Crippen molar-refractivity contribution in [3.8, 4) is 0 Å². The topological polar surface area (TPSA) is 20.2 Å². The van der Waals surface area contributed by atoms with Gasteiger partial charge in [0.15, 0.2) is 0 Å². The third-order valence-corrected chi connectivity index (χ3v) is 4.98. The van der Waals surface area contributed by atoms with Crippen molar-refractivity contribution in [1.82, 2.24) is 0 Å². The van der Waals surface area contributed by atoms with Crippen LogP contribution in [0.4, 0.5) is 0 Å². The Labute approximate surface area is 107 Å². The summed E-state index contributed by atoms with van der Waals surface area (Å²) in [5.41, 5.74) is 1.13. The monoisotopic (exact) mass is 238 g/mol. The van der Waals surface area contributed by atoms with Gasteiger partial charge in [-0.15, -0.1) is 0 Å². The first kappa shape index (κ1) is 10.6. The Morgan fingerprint density at radius 1 is 0.944 bits per heavy atom. The summed E-state index contributed by atoms with van der Waals surface area (Å²) in [5, 5.41) is 13.1. The molecule has 0 aliphatic heterocycles. The normalized spacial score (nSPS) is 31.3. The van der Waals surface area contributed by atoms with Crippen LogP contribution in [0.1, 0.15) is 30.9 Å². The van der Waals surface area contributed by atoms with Crippen LogP contribution >= 0.6 is 0 Å². The number of fused-ring (bicyclic) bond motifs is 2. The van der Waals surface area contributed by atoms with Gasteiger partial charge in [0.1, 0.15) is 0 Å². The van der Waals surface area contributed by atoms with Crippen LogP contribution in [0.15, 0.2) is 42.5 Å². The summed E-state index contributed by atoms with van der Waals surface area (Å²) in [7, 11) is 0. The molecule has 0 saturated heterocycles. The van der Waals surface area contributed by atoms with Gasteiger partial charge in [-0.25, -0.2) is 0 Å². The van der Waals surface area contributed by atoms with Gasteiger partial charge in [0.2, 0.25) is 0 Å². The lowest BCUT2D eigenvalue weighted by molar-refractivity contribution is 0.138. The summed E-state index contributed by atoms with van der Waals surface area (Å²) in [5.74, 6) is 2.14. The molecule has 3 atom stereocenters. The molecule has 2 fully saturated rings. The van der Waals surface area contributed by atoms with Gasteiger partial charge in [0, 0.05) is 0 Å². The van der Waals surface area contributed by atoms with Crippen LogP contribution in [-0.4, -0.2) is 5.11 Å². The average Bonchev–Trinajstić information content (AvgIpc) is 2.90. The number of aliphatic hydroxyl groups excluding tert-OH is 1. The molecule has 0 spiro atoms. The summed E-state index contributed by atoms with van der Waals surface area (Å²) in [6, 6.07) is 14.7. The highest BCUT2D eigenvalue weighted by molar-refractivity contribution is 5.86. The lowest BCUT2D eigenvalue weighted by Crippen LogP contribution is -2.05. The lowest BCUT2D eigenvalue weighted by Gasteiger charge is -2.15. The second kappa shape index (κ2) is 3.83. The summed E-state index contributed by atoms with van der Waals surface area (Å²) in [6.45, 7) is 0. The fourth-order valence-corrected chi connectivity index (χ4v) is 4.06. The predicted octanol–water partition coefficient (Wildman–Crippen LogP) is 3.92. The standard InChI is InChI=1S/C17H18O/c18-17(16-13-8-4-9-14(13)16)15-10-3-6-11-5-1-2-7-12(11)15/h1-3,5-7,10,13-14,16-18H,4,8-9H2. The fourth-order valence-electron chi connectivity index (χ4n) is 4.06. The Hall–Kier alpha value is -1.34. The molecule has 3 unspecified atom stereocenters. The number of rotatable bonds is 2. The molecule has 2 aliphatic carbocycles. The van der Waals surface area contributed by atoms with E-state index in [4.69, 9.17) is 0 Å². The summed E-state index contributed by atoms with van der Waals surface area (Å²) in [4.78, 5) is 0. The molecule has 1 heteroatoms. The molecule has 2 aliphatic rings. The second-order valence-electron chi connectivity index (χ2n) is 5.85. The molecule has 0 amide bonds. The molecule has 2 aromatic carbocycles. The largest absolute Gasteiger partial charge is 0.388 e. The van der Waals surface area contributed by atoms with E-state index in [2.05, 4.69) is 42.5 Å². The van der Waals surface area contributed by atoms with Crippen LogP contribution in [-0.2, 0) is 0 Å². The first-order chi connectivity index (χ1) is 8.86. The van der Waals surface area contributed by atoms with Crippen molar-refractivity contribution in [2.45, 2.75) is 25.4 Å². The van der Waals surface area contributed by atoms with Crippen molar-refractivity contribution in [2.75, 3.05) is 0 Å². The molecule has 92 valence electrons. The van der Waals surface area contributed by atoms with Crippen molar-refractivity contribution >= 4 is 10.8 Å². The maximum atomic E-state index is 10.7. The van der Waals surface area contributed by atoms with Gasteiger partial charge in [-0.3, -0.25) is 0 Å². The van der Waals surface area contributed by atoms with Gasteiger partial charge in [0.05, 0.1) is 6.10 Å². The van der Waals surface area contributed by atoms with E-state index in [1.54, 1.807) is 0 Å². The van der Waals surface area contributed by atoms with Crippen LogP contribution in [0.3, 0.4) is 0 Å². The SMILES string of the molecule is OC(c1cccc2ccccc12)C1C2CCCC21. The molecule has 0 aromatic heterocycles. The zero-order chi connectivity index (χ0) is 12.1. The summed E-state index contributed by atoms with van der Waals surface area (Å²) < 4.78 is 0. The van der Waals surface area contributed by atoms with Gasteiger partial charge in [0.25, 0.3) is 0 Å². The zero-order valence-electron chi connectivity index (χ0n) is 10.4. The van der Waals surface area contributed by atoms with Crippen LogP contribution in [0.2, 0.25) is 0 Å². The molecule has 0 bridgehead atoms. The van der Waals surface area contributed by atoms with Gasteiger partial charge in [-0.05, 0) is 46.9 Å². The highest BCUT2D eigenvalue weighted by Crippen LogP contribution is 2.62. The van der Waals surface area contributed by atoms with Crippen molar-refractivity contribution in [3.63, 3.8) is 0 Å². The van der Waals surface area contributed by atoms with Gasteiger partial charge in [-0.2, -0.15) is 0 Å². The van der Waals surface area contributed by atoms with E-state index < -0.39 is 0 Å². The van der Waals surface area contributed by atoms with E-state index in [0.29, 0.717) is 5.92 Å². The minimum absolute atomic E-state index is 0.258. The fraction of sp³-hybridized carbons (Fsp3) is 0.412. The van der Waals surface area contributed by atoms with E-state index in [1.165, 1.54) is 30.0 Å². The molecule has 4 rings (SSSR count). The van der Waals surface area contributed by atoms with Crippen LogP contribution in [0.25, 0.3) is 10.8 Å². The Morgan fingerprint density at radius 2 is 1.67 bits per heavy atom. The van der Waals surface area contributed by atoms with Gasteiger partial charge >= 0.3 is 0 Å². The summed E-state index contributed by atoms with van der Waals surface area (Å²) in [6.07, 6.45) is 3.77. The first-order valence-electron chi connectivity index (χ1n) is 7.02. The molecule has 2 aromatic rings. The van der Waals surface area contributed by atoms with E-state index in [9.17, 15) is 5.11 Å². The van der Waals surface area contributed by atoms with Crippen molar-refractivity contribution in [3.05, 3.63) is 48.0 Å². The number of hydrogen-bond acceptors (Lipinski definition) is 1. The maximum absolute atomic E-state index is 10.7. The van der Waals surface area contributed by atoms with Crippen molar-refractivity contribution < 1.29 is 5.11 Å². The highest BCUT2D eigenvalue weighted by Gasteiger charge is 2.55. The van der Waals surface area contributed by atoms with E-state index >= 15 is 0 Å². The minimum atomic E-state index is -0.258. The number of benzene rings is 2. The Morgan fingerprint density at radius 3 is 2.50 bits per heavy atom. The quantitative estimate of drug-likeness (QED) is 0.840. The van der Waals surface area contributed by atoms with Gasteiger partial charge < -0.3 is 5.11 Å². The van der Waals surface area contributed by atoms with Crippen LogP contribution < -0.4 is 0 Å². The van der Waals surface area contributed by atoms with Crippen molar-refractivity contribution in [1.29, 1.82) is 0 Å². The molecule has 0 radical (unpaired) electrons. The third-order valence-electron chi connectivity index (χ3n) is 4.98. The minimum Gasteiger partial charge on any atom is -0.388 e. The summed E-state index contributed by atoms with van der Waals surface area (Å²) >= 11 is 0. The van der Waals surface area contributed by atoms with E-state index in [0.717, 1.165) is 17.4 Å². The predicted molar refractivity (Wildman–Crippen MR) is 73.2 cm³/mol. The zero-order valence-corrected chi connectivity index (χ0v) is 10.4. The van der Waals surface area contributed by atoms with Crippen LogP contribution in [0, 0.1) is 17.8 Å². The maximum Gasteiger partial charge on any atom is 0.0829 e. The molecular formula is C17H18O. The van der Waals surface area contributed by atoms with Crippen LogP contribution in [0.5, 0.6) is 0 Å². The first-order valence-corrected chi connectivity index (χ1v) is 7.02. The molecule has 18 heavy (non-hydrogen) atoms. The molecule has 2 saturated carbocycles. The van der Waals surface area contributed by atoms with E-state index in [1.807, 2.05) is 0 Å². The number of hydrogen-bond donors (Lipinski definition) is 1. The average molecular weight is 238 g/mol. The molecule has 0 heterocycles. The Balaban J connectivity index is 1.74.